The summed E-state index contributed by atoms with van der Waals surface area (Å²) in [5.41, 5.74) is 0.555. The largest absolute Gasteiger partial charge is 0.465 e. The molecule has 20 heavy (non-hydrogen) atoms. The number of nitrogens with zero attached hydrogens (tertiary/aromatic N) is 3. The Balaban J connectivity index is 2.08. The monoisotopic (exact) mass is 275 g/mol. The molecule has 0 unspecified atom stereocenters. The summed E-state index contributed by atoms with van der Waals surface area (Å²) in [6.45, 7) is 0. The van der Waals surface area contributed by atoms with Gasteiger partial charge in [-0.05, 0) is 25.0 Å². The van der Waals surface area contributed by atoms with Gasteiger partial charge in [0.1, 0.15) is 5.82 Å². The lowest BCUT2D eigenvalue weighted by Crippen LogP contribution is -2.21. The summed E-state index contributed by atoms with van der Waals surface area (Å²) in [7, 11) is 3.18. The first-order valence-electron chi connectivity index (χ1n) is 6.37. The number of aromatic nitrogens is 2. The maximum Gasteiger partial charge on any atom is 0.338 e. The number of anilines is 1. The van der Waals surface area contributed by atoms with Crippen molar-refractivity contribution in [3.63, 3.8) is 0 Å². The van der Waals surface area contributed by atoms with Crippen LogP contribution < -0.4 is 4.90 Å². The fraction of sp³-hybridized carbons (Fsp3) is 0.357. The fourth-order valence-corrected chi connectivity index (χ4v) is 2.11. The molecule has 3 rings (SSSR count). The first-order chi connectivity index (χ1) is 9.60. The highest BCUT2D eigenvalue weighted by atomic mass is 19.1. The van der Waals surface area contributed by atoms with Gasteiger partial charge < -0.3 is 9.64 Å². The number of fused-ring (bicyclic) bond motifs is 1. The third kappa shape index (κ3) is 2.17. The van der Waals surface area contributed by atoms with E-state index in [2.05, 4.69) is 14.7 Å². The Bertz CT molecular complexity index is 685. The van der Waals surface area contributed by atoms with Gasteiger partial charge in [-0.25, -0.2) is 19.2 Å². The Kier molecular flexibility index (Phi) is 3.00. The van der Waals surface area contributed by atoms with E-state index in [-0.39, 0.29) is 5.56 Å². The summed E-state index contributed by atoms with van der Waals surface area (Å²) in [6, 6.07) is 3.12. The lowest BCUT2D eigenvalue weighted by molar-refractivity contribution is 0.0600. The molecule has 1 saturated carbocycles. The minimum atomic E-state index is -0.582. The molecule has 0 aliphatic heterocycles. The highest BCUT2D eigenvalue weighted by Gasteiger charge is 2.28. The zero-order valence-electron chi connectivity index (χ0n) is 11.3. The molecule has 1 heterocycles. The highest BCUT2D eigenvalue weighted by molar-refractivity contribution is 5.94. The second-order valence-corrected chi connectivity index (χ2v) is 4.89. The molecular weight excluding hydrogens is 261 g/mol. The molecule has 104 valence electrons. The Labute approximate surface area is 115 Å². The van der Waals surface area contributed by atoms with Crippen molar-refractivity contribution in [1.29, 1.82) is 0 Å². The van der Waals surface area contributed by atoms with Crippen LogP contribution in [0.2, 0.25) is 0 Å². The Morgan fingerprint density at radius 3 is 2.85 bits per heavy atom. The van der Waals surface area contributed by atoms with E-state index in [9.17, 15) is 9.18 Å². The predicted molar refractivity (Wildman–Crippen MR) is 72.3 cm³/mol. The van der Waals surface area contributed by atoms with Gasteiger partial charge in [0.15, 0.2) is 0 Å². The number of hydrogen-bond acceptors (Lipinski definition) is 5. The van der Waals surface area contributed by atoms with Crippen LogP contribution in [-0.2, 0) is 4.74 Å². The van der Waals surface area contributed by atoms with Crippen LogP contribution in [0, 0.1) is 5.82 Å². The van der Waals surface area contributed by atoms with Crippen molar-refractivity contribution in [2.24, 2.45) is 0 Å². The van der Waals surface area contributed by atoms with Crippen LogP contribution in [-0.4, -0.2) is 36.1 Å². The minimum absolute atomic E-state index is 0.149. The topological polar surface area (TPSA) is 55.3 Å². The molecule has 6 heteroatoms. The van der Waals surface area contributed by atoms with Crippen molar-refractivity contribution >= 4 is 22.8 Å². The van der Waals surface area contributed by atoms with Gasteiger partial charge in [0.2, 0.25) is 5.95 Å². The third-order valence-corrected chi connectivity index (χ3v) is 3.47. The van der Waals surface area contributed by atoms with Gasteiger partial charge in [0.25, 0.3) is 0 Å². The second-order valence-electron chi connectivity index (χ2n) is 4.89. The summed E-state index contributed by atoms with van der Waals surface area (Å²) in [6.07, 6.45) is 3.69. The van der Waals surface area contributed by atoms with E-state index in [4.69, 9.17) is 0 Å². The number of carbonyl (C=O) groups excluding carboxylic acids is 1. The number of esters is 1. The number of halogens is 1. The van der Waals surface area contributed by atoms with E-state index in [1.165, 1.54) is 19.4 Å². The van der Waals surface area contributed by atoms with Crippen LogP contribution >= 0.6 is 0 Å². The lowest BCUT2D eigenvalue weighted by Gasteiger charge is -2.16. The number of benzene rings is 1. The van der Waals surface area contributed by atoms with Crippen molar-refractivity contribution in [2.75, 3.05) is 19.1 Å². The summed E-state index contributed by atoms with van der Waals surface area (Å²) in [5, 5.41) is 0.297. The summed E-state index contributed by atoms with van der Waals surface area (Å²) in [5.74, 6) is -0.563. The molecule has 0 atom stereocenters. The van der Waals surface area contributed by atoms with Crippen LogP contribution in [0.4, 0.5) is 10.3 Å². The summed E-state index contributed by atoms with van der Waals surface area (Å²) < 4.78 is 18.6. The standard InChI is InChI=1S/C14H14FN3O2/c1-18(9-3-4-9)14-16-7-10-11(15)5-8(13(19)20-2)6-12(10)17-14/h5-7,9H,3-4H2,1-2H3. The molecule has 1 fully saturated rings. The average Bonchev–Trinajstić information content (AvgIpc) is 3.29. The quantitative estimate of drug-likeness (QED) is 0.803. The van der Waals surface area contributed by atoms with Crippen molar-refractivity contribution < 1.29 is 13.9 Å². The fourth-order valence-electron chi connectivity index (χ4n) is 2.11. The van der Waals surface area contributed by atoms with Crippen LogP contribution in [0.15, 0.2) is 18.3 Å². The van der Waals surface area contributed by atoms with Gasteiger partial charge in [0, 0.05) is 19.3 Å². The van der Waals surface area contributed by atoms with Gasteiger partial charge in [-0.2, -0.15) is 0 Å². The third-order valence-electron chi connectivity index (χ3n) is 3.47. The molecule has 2 aromatic rings. The lowest BCUT2D eigenvalue weighted by atomic mass is 10.1. The molecule has 0 radical (unpaired) electrons. The van der Waals surface area contributed by atoms with Crippen molar-refractivity contribution in [1.82, 2.24) is 9.97 Å². The second kappa shape index (κ2) is 4.70. The first kappa shape index (κ1) is 12.8. The zero-order valence-corrected chi connectivity index (χ0v) is 11.3. The number of carbonyl (C=O) groups is 1. The Morgan fingerprint density at radius 1 is 1.45 bits per heavy atom. The van der Waals surface area contributed by atoms with E-state index in [1.807, 2.05) is 11.9 Å². The van der Waals surface area contributed by atoms with Crippen molar-refractivity contribution in [3.05, 3.63) is 29.7 Å². The summed E-state index contributed by atoms with van der Waals surface area (Å²) in [4.78, 5) is 22.0. The minimum Gasteiger partial charge on any atom is -0.465 e. The Morgan fingerprint density at radius 2 is 2.20 bits per heavy atom. The van der Waals surface area contributed by atoms with Crippen molar-refractivity contribution in [2.45, 2.75) is 18.9 Å². The molecule has 1 aromatic carbocycles. The molecular formula is C14H14FN3O2. The number of rotatable bonds is 3. The highest BCUT2D eigenvalue weighted by Crippen LogP contribution is 2.29. The van der Waals surface area contributed by atoms with Crippen LogP contribution in [0.3, 0.4) is 0 Å². The number of hydrogen-bond donors (Lipinski definition) is 0. The van der Waals surface area contributed by atoms with E-state index < -0.39 is 11.8 Å². The number of ether oxygens (including phenoxy) is 1. The maximum absolute atomic E-state index is 13.9. The van der Waals surface area contributed by atoms with E-state index >= 15 is 0 Å². The Hall–Kier alpha value is -2.24. The van der Waals surface area contributed by atoms with Crippen LogP contribution in [0.1, 0.15) is 23.2 Å². The molecule has 1 aromatic heterocycles. The van der Waals surface area contributed by atoms with Gasteiger partial charge in [-0.15, -0.1) is 0 Å². The first-order valence-corrected chi connectivity index (χ1v) is 6.37. The maximum atomic E-state index is 13.9. The van der Waals surface area contributed by atoms with Gasteiger partial charge in [-0.3, -0.25) is 0 Å². The van der Waals surface area contributed by atoms with E-state index in [0.29, 0.717) is 22.9 Å². The number of methoxy groups -OCH3 is 1. The van der Waals surface area contributed by atoms with Crippen LogP contribution in [0.25, 0.3) is 10.9 Å². The van der Waals surface area contributed by atoms with Gasteiger partial charge in [-0.1, -0.05) is 0 Å². The molecule has 1 aliphatic carbocycles. The smallest absolute Gasteiger partial charge is 0.338 e. The molecule has 1 aliphatic rings. The molecule has 0 spiro atoms. The van der Waals surface area contributed by atoms with Gasteiger partial charge in [0.05, 0.1) is 23.6 Å². The summed E-state index contributed by atoms with van der Waals surface area (Å²) >= 11 is 0. The van der Waals surface area contributed by atoms with E-state index in [0.717, 1.165) is 18.9 Å². The zero-order chi connectivity index (χ0) is 14.3. The van der Waals surface area contributed by atoms with Crippen molar-refractivity contribution in [3.8, 4) is 0 Å². The molecule has 0 saturated heterocycles. The molecule has 5 nitrogen and oxygen atoms in total. The molecule has 0 bridgehead atoms. The molecule has 0 N–H and O–H groups in total. The van der Waals surface area contributed by atoms with Crippen LogP contribution in [0.5, 0.6) is 0 Å². The average molecular weight is 275 g/mol. The predicted octanol–water partition coefficient (Wildman–Crippen LogP) is 2.15. The van der Waals surface area contributed by atoms with Gasteiger partial charge >= 0.3 is 5.97 Å². The van der Waals surface area contributed by atoms with E-state index in [1.54, 1.807) is 0 Å². The SMILES string of the molecule is COC(=O)c1cc(F)c2cnc(N(C)C3CC3)nc2c1. The molecule has 0 amide bonds. The normalized spacial score (nSPS) is 14.3.